The average molecular weight is 503 g/mol. The Labute approximate surface area is 210 Å². The van der Waals surface area contributed by atoms with E-state index in [0.717, 1.165) is 44.9 Å². The standard InChI is InChI=1S/C26H36F2N6O2/c1-4-15(2)34-21(10-20(31-34)16-7-22(36-25(27)28)24(29)30-11-16)23-18-8-17(9-19(18)23)33-13-26(14-33)12-32(3)5-6-35-26/h7,10-11,15,17-19,23,25H,4-6,8-9,12-14H2,1-3H3,(H2,29,30). The average Bonchev–Trinajstić information content (AvgIpc) is 3.15. The fourth-order valence-corrected chi connectivity index (χ4v) is 6.84. The third kappa shape index (κ3) is 4.16. The fraction of sp³-hybridized carbons (Fsp3) is 0.692. The molecular weight excluding hydrogens is 466 g/mol. The predicted molar refractivity (Wildman–Crippen MR) is 132 cm³/mol. The molecule has 1 spiro atoms. The van der Waals surface area contributed by atoms with Crippen LogP contribution in [-0.2, 0) is 4.74 Å². The highest BCUT2D eigenvalue weighted by atomic mass is 19.3. The second kappa shape index (κ2) is 8.92. The largest absolute Gasteiger partial charge is 0.431 e. The van der Waals surface area contributed by atoms with Gasteiger partial charge < -0.3 is 20.1 Å². The third-order valence-electron chi connectivity index (χ3n) is 8.87. The van der Waals surface area contributed by atoms with Crippen molar-refractivity contribution < 1.29 is 18.3 Å². The highest BCUT2D eigenvalue weighted by Gasteiger charge is 2.61. The number of hydrogen-bond donors (Lipinski definition) is 1. The van der Waals surface area contributed by atoms with Gasteiger partial charge in [-0.2, -0.15) is 13.9 Å². The number of hydrogen-bond acceptors (Lipinski definition) is 7. The minimum Gasteiger partial charge on any atom is -0.431 e. The van der Waals surface area contributed by atoms with Crippen molar-refractivity contribution in [2.24, 2.45) is 11.8 Å². The molecule has 2 saturated carbocycles. The maximum Gasteiger partial charge on any atom is 0.387 e. The molecular formula is C26H36F2N6O2. The number of nitrogen functional groups attached to an aromatic ring is 1. The number of ether oxygens (including phenoxy) is 2. The molecule has 3 unspecified atom stereocenters. The Kier molecular flexibility index (Phi) is 5.96. The molecule has 8 nitrogen and oxygen atoms in total. The molecule has 4 aliphatic rings. The predicted octanol–water partition coefficient (Wildman–Crippen LogP) is 3.61. The summed E-state index contributed by atoms with van der Waals surface area (Å²) in [7, 11) is 2.18. The monoisotopic (exact) mass is 502 g/mol. The number of morpholine rings is 1. The van der Waals surface area contributed by atoms with Gasteiger partial charge in [0.1, 0.15) is 5.60 Å². The first-order chi connectivity index (χ1) is 17.3. The Morgan fingerprint density at radius 3 is 2.64 bits per heavy atom. The number of fused-ring (bicyclic) bond motifs is 1. The molecule has 4 fully saturated rings. The number of likely N-dealkylation sites (N-methyl/N-ethyl adjacent to an activating group) is 1. The topological polar surface area (TPSA) is 81.7 Å². The molecule has 6 rings (SSSR count). The number of nitrogens with two attached hydrogens (primary N) is 1. The molecule has 3 atom stereocenters. The van der Waals surface area contributed by atoms with Gasteiger partial charge in [0.05, 0.1) is 12.3 Å². The summed E-state index contributed by atoms with van der Waals surface area (Å²) in [6.45, 7) is 6.37. The zero-order chi connectivity index (χ0) is 25.2. The van der Waals surface area contributed by atoms with Crippen LogP contribution < -0.4 is 10.5 Å². The van der Waals surface area contributed by atoms with E-state index < -0.39 is 6.61 Å². The SMILES string of the molecule is CCC(C)n1nc(-c2cnc(N)c(OC(F)F)c2)cc1C1C2CC(N3CC4(CN(C)CCO4)C3)CC21. The summed E-state index contributed by atoms with van der Waals surface area (Å²) in [6.07, 6.45) is 4.98. The number of pyridine rings is 1. The molecule has 196 valence electrons. The molecule has 2 N–H and O–H groups in total. The van der Waals surface area contributed by atoms with Crippen LogP contribution in [0.25, 0.3) is 11.3 Å². The van der Waals surface area contributed by atoms with Crippen LogP contribution in [0.3, 0.4) is 0 Å². The maximum atomic E-state index is 12.8. The summed E-state index contributed by atoms with van der Waals surface area (Å²) in [6, 6.07) is 4.52. The van der Waals surface area contributed by atoms with Crippen molar-refractivity contribution in [3.8, 4) is 17.0 Å². The van der Waals surface area contributed by atoms with E-state index in [0.29, 0.717) is 29.4 Å². The summed E-state index contributed by atoms with van der Waals surface area (Å²) in [5.74, 6) is 1.68. The molecule has 36 heavy (non-hydrogen) atoms. The molecule has 4 heterocycles. The summed E-state index contributed by atoms with van der Waals surface area (Å²) in [4.78, 5) is 9.08. The van der Waals surface area contributed by atoms with Crippen molar-refractivity contribution >= 4 is 5.82 Å². The summed E-state index contributed by atoms with van der Waals surface area (Å²) in [5.41, 5.74) is 8.39. The number of halogens is 2. The number of aromatic nitrogens is 3. The first-order valence-corrected chi connectivity index (χ1v) is 13.1. The van der Waals surface area contributed by atoms with Crippen molar-refractivity contribution in [3.05, 3.63) is 24.0 Å². The zero-order valence-corrected chi connectivity index (χ0v) is 21.2. The maximum absolute atomic E-state index is 12.8. The lowest BCUT2D eigenvalue weighted by molar-refractivity contribution is -0.190. The highest BCUT2D eigenvalue weighted by Crippen LogP contribution is 2.64. The highest BCUT2D eigenvalue weighted by molar-refractivity contribution is 5.64. The van der Waals surface area contributed by atoms with Gasteiger partial charge in [-0.25, -0.2) is 4.98 Å². The van der Waals surface area contributed by atoms with Gasteiger partial charge in [0.2, 0.25) is 0 Å². The Hall–Kier alpha value is -2.30. The van der Waals surface area contributed by atoms with Crippen LogP contribution in [0.2, 0.25) is 0 Å². The van der Waals surface area contributed by atoms with Crippen LogP contribution in [-0.4, -0.2) is 82.7 Å². The van der Waals surface area contributed by atoms with E-state index in [-0.39, 0.29) is 23.2 Å². The molecule has 2 aromatic heterocycles. The molecule has 0 amide bonds. The van der Waals surface area contributed by atoms with Gasteiger partial charge in [0, 0.05) is 61.6 Å². The minimum atomic E-state index is -2.96. The van der Waals surface area contributed by atoms with Crippen LogP contribution in [0.1, 0.15) is 50.8 Å². The van der Waals surface area contributed by atoms with Gasteiger partial charge in [-0.15, -0.1) is 0 Å². The number of likely N-dealkylation sites (tertiary alicyclic amines) is 1. The molecule has 2 saturated heterocycles. The number of alkyl halides is 2. The van der Waals surface area contributed by atoms with E-state index in [1.54, 1.807) is 6.20 Å². The van der Waals surface area contributed by atoms with Gasteiger partial charge >= 0.3 is 6.61 Å². The van der Waals surface area contributed by atoms with Crippen molar-refractivity contribution in [3.63, 3.8) is 0 Å². The van der Waals surface area contributed by atoms with Crippen LogP contribution in [0.5, 0.6) is 5.75 Å². The smallest absolute Gasteiger partial charge is 0.387 e. The molecule has 10 heteroatoms. The molecule has 2 aromatic rings. The van der Waals surface area contributed by atoms with E-state index in [1.807, 2.05) is 0 Å². The van der Waals surface area contributed by atoms with Crippen LogP contribution in [0.4, 0.5) is 14.6 Å². The first kappa shape index (κ1) is 24.1. The Balaban J connectivity index is 1.16. The van der Waals surface area contributed by atoms with Gasteiger partial charge in [-0.1, -0.05) is 6.92 Å². The van der Waals surface area contributed by atoms with Crippen molar-refractivity contribution in [1.29, 1.82) is 0 Å². The van der Waals surface area contributed by atoms with Gasteiger partial charge in [0.25, 0.3) is 0 Å². The number of rotatable bonds is 7. The number of nitrogens with zero attached hydrogens (tertiary/aromatic N) is 5. The lowest BCUT2D eigenvalue weighted by atomic mass is 9.88. The molecule has 0 aromatic carbocycles. The van der Waals surface area contributed by atoms with Crippen LogP contribution >= 0.6 is 0 Å². The van der Waals surface area contributed by atoms with Gasteiger partial charge in [-0.3, -0.25) is 9.58 Å². The summed E-state index contributed by atoms with van der Waals surface area (Å²) in [5, 5.41) is 4.90. The lowest BCUT2D eigenvalue weighted by Gasteiger charge is -2.55. The molecule has 2 aliphatic heterocycles. The molecule has 2 aliphatic carbocycles. The van der Waals surface area contributed by atoms with Gasteiger partial charge in [-0.05, 0) is 57.2 Å². The fourth-order valence-electron chi connectivity index (χ4n) is 6.84. The van der Waals surface area contributed by atoms with Crippen molar-refractivity contribution in [1.82, 2.24) is 24.6 Å². The Bertz CT molecular complexity index is 1110. The third-order valence-corrected chi connectivity index (χ3v) is 8.87. The summed E-state index contributed by atoms with van der Waals surface area (Å²) < 4.78 is 38.5. The Morgan fingerprint density at radius 2 is 1.97 bits per heavy atom. The van der Waals surface area contributed by atoms with Gasteiger partial charge in [0.15, 0.2) is 11.6 Å². The second-order valence-electron chi connectivity index (χ2n) is 11.3. The number of anilines is 1. The van der Waals surface area contributed by atoms with Crippen LogP contribution in [0, 0.1) is 11.8 Å². The van der Waals surface area contributed by atoms with Crippen molar-refractivity contribution in [2.75, 3.05) is 45.6 Å². The van der Waals surface area contributed by atoms with E-state index in [4.69, 9.17) is 15.6 Å². The molecule has 0 radical (unpaired) electrons. The van der Waals surface area contributed by atoms with Crippen molar-refractivity contribution in [2.45, 2.75) is 63.3 Å². The van der Waals surface area contributed by atoms with Crippen LogP contribution in [0.15, 0.2) is 18.3 Å². The lowest BCUT2D eigenvalue weighted by Crippen LogP contribution is -2.71. The quantitative estimate of drug-likeness (QED) is 0.620. The van der Waals surface area contributed by atoms with E-state index in [2.05, 4.69) is 51.2 Å². The van der Waals surface area contributed by atoms with E-state index in [9.17, 15) is 8.78 Å². The first-order valence-electron chi connectivity index (χ1n) is 13.1. The zero-order valence-electron chi connectivity index (χ0n) is 21.2. The van der Waals surface area contributed by atoms with E-state index >= 15 is 0 Å². The molecule has 0 bridgehead atoms. The Morgan fingerprint density at radius 1 is 1.22 bits per heavy atom. The minimum absolute atomic E-state index is 0.0449. The normalized spacial score (nSPS) is 30.4. The summed E-state index contributed by atoms with van der Waals surface area (Å²) >= 11 is 0. The second-order valence-corrected chi connectivity index (χ2v) is 11.3. The van der Waals surface area contributed by atoms with E-state index in [1.165, 1.54) is 24.6 Å².